The fraction of sp³-hybridized carbons (Fsp3) is 0.441. The largest absolute Gasteiger partial charge is 0.508 e. The molecule has 256 valence electrons. The third-order valence-electron chi connectivity index (χ3n) is 8.63. The molecule has 5 aromatic rings. The van der Waals surface area contributed by atoms with E-state index in [1.54, 1.807) is 24.0 Å². The van der Waals surface area contributed by atoms with Gasteiger partial charge in [0.1, 0.15) is 34.2 Å². The van der Waals surface area contributed by atoms with Gasteiger partial charge >= 0.3 is 6.01 Å². The third kappa shape index (κ3) is 6.31. The van der Waals surface area contributed by atoms with E-state index < -0.39 is 23.2 Å². The Morgan fingerprint density at radius 2 is 1.88 bits per heavy atom. The van der Waals surface area contributed by atoms with Crippen molar-refractivity contribution in [1.82, 2.24) is 24.5 Å². The number of anilines is 1. The van der Waals surface area contributed by atoms with Crippen molar-refractivity contribution in [2.24, 2.45) is 5.92 Å². The maximum Gasteiger partial charge on any atom is 0.318 e. The van der Waals surface area contributed by atoms with Gasteiger partial charge in [-0.25, -0.2) is 22.1 Å². The molecule has 0 bridgehead atoms. The number of fused-ring (bicyclic) bond motifs is 4. The molecule has 1 saturated heterocycles. The predicted molar refractivity (Wildman–Crippen MR) is 174 cm³/mol. The first-order valence-corrected chi connectivity index (χ1v) is 15.7. The first-order chi connectivity index (χ1) is 22.7. The summed E-state index contributed by atoms with van der Waals surface area (Å²) in [6, 6.07) is 7.49. The summed E-state index contributed by atoms with van der Waals surface area (Å²) < 4.78 is 68.3. The number of halogens is 4. The van der Waals surface area contributed by atoms with Crippen LogP contribution in [0.4, 0.5) is 23.4 Å². The molecule has 14 heteroatoms. The van der Waals surface area contributed by atoms with Crippen molar-refractivity contribution < 1.29 is 37.2 Å². The zero-order chi connectivity index (χ0) is 34.5. The highest BCUT2D eigenvalue weighted by Crippen LogP contribution is 2.48. The van der Waals surface area contributed by atoms with Crippen LogP contribution in [0, 0.1) is 17.6 Å². The van der Waals surface area contributed by atoms with E-state index in [0.717, 1.165) is 0 Å². The molecule has 2 unspecified atom stereocenters. The van der Waals surface area contributed by atoms with Gasteiger partial charge in [-0.1, -0.05) is 13.0 Å². The Morgan fingerprint density at radius 3 is 2.52 bits per heavy atom. The van der Waals surface area contributed by atoms with Gasteiger partial charge in [0.25, 0.3) is 5.92 Å². The molecule has 4 heterocycles. The van der Waals surface area contributed by atoms with Crippen molar-refractivity contribution in [3.63, 3.8) is 0 Å². The standard InChI is InChI=1S/C28H27F2N5O4.C6H11F2N/c1-4-17-19(29)6-5-15-11-16(36)12-18(21(15)17)25-23(30)24-22(20-7-8-31-35(20)25)26(33-27(32-24)38-3)34-9-10-39-14-28(2,37)13-34;1-9(2)4-5-3-6(5,7)8/h5-8,11-12,36-37H,4,9-10,13-14H2,1-3H3;5H,3-4H2,1-2H3. The number of aryl methyl sites for hydroxylation is 1. The highest BCUT2D eigenvalue weighted by atomic mass is 19.3. The normalized spacial score (nSPS) is 20.6. The van der Waals surface area contributed by atoms with Gasteiger partial charge < -0.3 is 29.5 Å². The molecule has 2 fully saturated rings. The molecule has 2 aliphatic rings. The number of pyridine rings is 1. The van der Waals surface area contributed by atoms with Crippen molar-refractivity contribution in [2.75, 3.05) is 59.0 Å². The molecule has 0 spiro atoms. The van der Waals surface area contributed by atoms with E-state index in [9.17, 15) is 23.4 Å². The summed E-state index contributed by atoms with van der Waals surface area (Å²) in [7, 11) is 5.02. The molecule has 48 heavy (non-hydrogen) atoms. The molecular formula is C34H38F4N6O4. The second-order valence-corrected chi connectivity index (χ2v) is 12.9. The van der Waals surface area contributed by atoms with Gasteiger partial charge in [-0.05, 0) is 68.0 Å². The van der Waals surface area contributed by atoms with E-state index in [1.165, 1.54) is 36.0 Å². The summed E-state index contributed by atoms with van der Waals surface area (Å²) in [5, 5.41) is 27.2. The van der Waals surface area contributed by atoms with Gasteiger partial charge in [-0.15, -0.1) is 0 Å². The van der Waals surface area contributed by atoms with Crippen LogP contribution < -0.4 is 9.64 Å². The number of rotatable bonds is 6. The first-order valence-electron chi connectivity index (χ1n) is 15.7. The summed E-state index contributed by atoms with van der Waals surface area (Å²) in [6.45, 7) is 5.06. The number of methoxy groups -OCH3 is 1. The van der Waals surface area contributed by atoms with Crippen molar-refractivity contribution in [3.05, 3.63) is 53.7 Å². The van der Waals surface area contributed by atoms with Crippen LogP contribution in [0.15, 0.2) is 36.5 Å². The van der Waals surface area contributed by atoms with Crippen LogP contribution in [0.1, 0.15) is 25.8 Å². The quantitative estimate of drug-likeness (QED) is 0.228. The van der Waals surface area contributed by atoms with Crippen molar-refractivity contribution in [3.8, 4) is 23.0 Å². The molecular weight excluding hydrogens is 632 g/mol. The minimum Gasteiger partial charge on any atom is -0.508 e. The van der Waals surface area contributed by atoms with Gasteiger partial charge in [0.05, 0.1) is 44.0 Å². The minimum atomic E-state index is -2.34. The van der Waals surface area contributed by atoms with Gasteiger partial charge in [0.15, 0.2) is 5.82 Å². The molecule has 0 radical (unpaired) electrons. The molecule has 2 aromatic carbocycles. The Bertz CT molecular complexity index is 2000. The van der Waals surface area contributed by atoms with E-state index in [0.29, 0.717) is 59.2 Å². The van der Waals surface area contributed by atoms with Gasteiger partial charge in [-0.2, -0.15) is 15.1 Å². The fourth-order valence-corrected chi connectivity index (χ4v) is 6.38. The zero-order valence-corrected chi connectivity index (χ0v) is 27.4. The number of aliphatic hydroxyl groups is 1. The van der Waals surface area contributed by atoms with Crippen LogP contribution in [0.2, 0.25) is 0 Å². The zero-order valence-electron chi connectivity index (χ0n) is 27.4. The SMILES string of the molecule is CCc1c(F)ccc2cc(O)cc(-c3c(F)c4nc(OC)nc(N5CCOCC(C)(O)C5)c4c4ccnn34)c12.CN(C)CC1CC1(F)F. The van der Waals surface area contributed by atoms with Crippen molar-refractivity contribution in [1.29, 1.82) is 0 Å². The Hall–Kier alpha value is -4.27. The average Bonchev–Trinajstić information content (AvgIpc) is 3.41. The van der Waals surface area contributed by atoms with E-state index in [-0.39, 0.29) is 54.0 Å². The summed E-state index contributed by atoms with van der Waals surface area (Å²) in [5.41, 5.74) is -0.0151. The van der Waals surface area contributed by atoms with Gasteiger partial charge in [0, 0.05) is 31.0 Å². The average molecular weight is 671 g/mol. The number of β-amino-alcohol motifs (C(OH)–C–C–N with tert-alkyl or cyclic N) is 1. The minimum absolute atomic E-state index is 0.0154. The maximum absolute atomic E-state index is 16.8. The number of benzene rings is 2. The Morgan fingerprint density at radius 1 is 1.12 bits per heavy atom. The monoisotopic (exact) mass is 670 g/mol. The Labute approximate surface area is 274 Å². The summed E-state index contributed by atoms with van der Waals surface area (Å²) in [4.78, 5) is 12.6. The van der Waals surface area contributed by atoms with E-state index in [4.69, 9.17) is 9.47 Å². The fourth-order valence-electron chi connectivity index (χ4n) is 6.38. The Balaban J connectivity index is 0.000000388. The van der Waals surface area contributed by atoms with Crippen molar-refractivity contribution >= 4 is 33.0 Å². The van der Waals surface area contributed by atoms with Crippen LogP contribution in [0.25, 0.3) is 38.4 Å². The molecule has 10 nitrogen and oxygen atoms in total. The highest BCUT2D eigenvalue weighted by molar-refractivity contribution is 6.07. The lowest BCUT2D eigenvalue weighted by molar-refractivity contribution is -0.0123. The van der Waals surface area contributed by atoms with E-state index in [2.05, 4.69) is 15.1 Å². The van der Waals surface area contributed by atoms with Crippen LogP contribution in [0.3, 0.4) is 0 Å². The van der Waals surface area contributed by atoms with Crippen LogP contribution in [-0.2, 0) is 11.2 Å². The first kappa shape index (κ1) is 33.6. The number of hydrogen-bond donors (Lipinski definition) is 2. The number of nitrogens with zero attached hydrogens (tertiary/aromatic N) is 6. The van der Waals surface area contributed by atoms with E-state index >= 15 is 4.39 Å². The van der Waals surface area contributed by atoms with Gasteiger partial charge in [-0.3, -0.25) is 0 Å². The molecule has 2 atom stereocenters. The maximum atomic E-state index is 16.8. The lowest BCUT2D eigenvalue weighted by Crippen LogP contribution is -2.42. The van der Waals surface area contributed by atoms with Gasteiger partial charge in [0.2, 0.25) is 0 Å². The lowest BCUT2D eigenvalue weighted by Gasteiger charge is -2.29. The topological polar surface area (TPSA) is 108 Å². The van der Waals surface area contributed by atoms with Crippen LogP contribution in [0.5, 0.6) is 11.8 Å². The van der Waals surface area contributed by atoms with Crippen LogP contribution in [-0.4, -0.2) is 100 Å². The molecule has 1 saturated carbocycles. The summed E-state index contributed by atoms with van der Waals surface area (Å²) in [6.07, 6.45) is 1.97. The summed E-state index contributed by atoms with van der Waals surface area (Å²) >= 11 is 0. The lowest BCUT2D eigenvalue weighted by atomic mass is 9.94. The number of hydrogen-bond acceptors (Lipinski definition) is 9. The number of ether oxygens (including phenoxy) is 2. The number of alkyl halides is 2. The number of aromatic nitrogens is 4. The van der Waals surface area contributed by atoms with E-state index in [1.807, 2.05) is 25.9 Å². The van der Waals surface area contributed by atoms with Crippen LogP contribution >= 0.6 is 0 Å². The molecule has 2 N–H and O–H groups in total. The third-order valence-corrected chi connectivity index (χ3v) is 8.63. The number of phenolic OH excluding ortho intramolecular Hbond substituents is 1. The Kier molecular flexibility index (Phi) is 8.85. The number of phenols is 1. The molecule has 3 aromatic heterocycles. The second kappa shape index (κ2) is 12.6. The smallest absolute Gasteiger partial charge is 0.318 e. The number of aromatic hydroxyl groups is 1. The predicted octanol–water partition coefficient (Wildman–Crippen LogP) is 5.44. The highest BCUT2D eigenvalue weighted by Gasteiger charge is 2.56. The molecule has 7 rings (SSSR count). The summed E-state index contributed by atoms with van der Waals surface area (Å²) in [5.74, 6) is -3.61. The van der Waals surface area contributed by atoms with Crippen molar-refractivity contribution in [2.45, 2.75) is 38.2 Å². The second-order valence-electron chi connectivity index (χ2n) is 12.9. The molecule has 1 aliphatic carbocycles. The molecule has 0 amide bonds. The molecule has 1 aliphatic heterocycles.